The monoisotopic (exact) mass is 302 g/mol. The first kappa shape index (κ1) is 14.4. The van der Waals surface area contributed by atoms with Crippen molar-refractivity contribution < 1.29 is 0 Å². The molecule has 1 saturated heterocycles. The number of nitrogen functional groups attached to an aromatic ring is 1. The fourth-order valence-corrected chi connectivity index (χ4v) is 3.80. The van der Waals surface area contributed by atoms with Gasteiger partial charge in [0, 0.05) is 12.6 Å². The summed E-state index contributed by atoms with van der Waals surface area (Å²) in [5.74, 6) is 0.618. The van der Waals surface area contributed by atoms with Gasteiger partial charge in [0.05, 0.1) is 5.56 Å². The molecule has 2 aromatic rings. The smallest absolute Gasteiger partial charge is 0.147 e. The van der Waals surface area contributed by atoms with Crippen LogP contribution in [0.15, 0.2) is 30.3 Å². The third-order valence-corrected chi connectivity index (χ3v) is 5.00. The van der Waals surface area contributed by atoms with Gasteiger partial charge < -0.3 is 11.1 Å². The normalized spacial score (nSPS) is 19.0. The van der Waals surface area contributed by atoms with E-state index in [1.54, 1.807) is 0 Å². The second-order valence-corrected chi connectivity index (χ2v) is 6.22. The van der Waals surface area contributed by atoms with E-state index in [0.717, 1.165) is 29.2 Å². The van der Waals surface area contributed by atoms with Crippen LogP contribution in [0.1, 0.15) is 19.8 Å². The quantitative estimate of drug-likeness (QED) is 0.890. The summed E-state index contributed by atoms with van der Waals surface area (Å²) in [6, 6.07) is 10.9. The number of anilines is 2. The zero-order valence-corrected chi connectivity index (χ0v) is 13.2. The topological polar surface area (TPSA) is 54.2 Å². The number of hydrogen-bond acceptors (Lipinski definition) is 5. The Hall–Kier alpha value is -1.59. The van der Waals surface area contributed by atoms with E-state index in [0.29, 0.717) is 11.9 Å². The molecule has 1 unspecified atom stereocenters. The number of nitrogens with two attached hydrogens (primary N) is 1. The zero-order chi connectivity index (χ0) is 14.7. The number of nitrogens with zero attached hydrogens (tertiary/aromatic N) is 2. The highest BCUT2D eigenvalue weighted by atomic mass is 32.1. The van der Waals surface area contributed by atoms with Crippen LogP contribution in [-0.2, 0) is 0 Å². The molecule has 21 heavy (non-hydrogen) atoms. The number of hydrogen-bond donors (Lipinski definition) is 2. The Bertz CT molecular complexity index is 581. The molecule has 1 aromatic carbocycles. The predicted molar refractivity (Wildman–Crippen MR) is 90.7 cm³/mol. The van der Waals surface area contributed by atoms with E-state index in [9.17, 15) is 0 Å². The van der Waals surface area contributed by atoms with E-state index in [1.807, 2.05) is 18.2 Å². The van der Waals surface area contributed by atoms with Crippen molar-refractivity contribution in [3.05, 3.63) is 30.3 Å². The van der Waals surface area contributed by atoms with Crippen LogP contribution in [0.4, 0.5) is 10.8 Å². The second kappa shape index (κ2) is 6.45. The molecule has 0 spiro atoms. The zero-order valence-electron chi connectivity index (χ0n) is 12.4. The van der Waals surface area contributed by atoms with Crippen molar-refractivity contribution in [2.75, 3.05) is 30.7 Å². The van der Waals surface area contributed by atoms with Crippen molar-refractivity contribution in [1.82, 2.24) is 9.27 Å². The number of likely N-dealkylation sites (N-methyl/N-ethyl adjacent to an activating group) is 1. The number of aromatic nitrogens is 1. The molecule has 4 nitrogen and oxygen atoms in total. The van der Waals surface area contributed by atoms with Crippen molar-refractivity contribution in [3.8, 4) is 11.1 Å². The lowest BCUT2D eigenvalue weighted by molar-refractivity contribution is 0.277. The molecule has 0 amide bonds. The van der Waals surface area contributed by atoms with E-state index in [1.165, 1.54) is 30.9 Å². The molecule has 1 aromatic heterocycles. The van der Waals surface area contributed by atoms with E-state index in [-0.39, 0.29) is 0 Å². The largest absolute Gasteiger partial charge is 0.382 e. The van der Waals surface area contributed by atoms with Crippen molar-refractivity contribution in [3.63, 3.8) is 0 Å². The number of rotatable bonds is 5. The molecular formula is C16H22N4S. The van der Waals surface area contributed by atoms with Crippen LogP contribution in [0.5, 0.6) is 0 Å². The van der Waals surface area contributed by atoms with E-state index in [4.69, 9.17) is 5.73 Å². The Morgan fingerprint density at radius 1 is 1.38 bits per heavy atom. The molecule has 0 radical (unpaired) electrons. The molecule has 5 heteroatoms. The molecular weight excluding hydrogens is 280 g/mol. The van der Waals surface area contributed by atoms with Crippen molar-refractivity contribution in [2.45, 2.75) is 25.8 Å². The minimum absolute atomic E-state index is 0.618. The number of likely N-dealkylation sites (tertiary alicyclic amines) is 1. The molecule has 3 rings (SSSR count). The third-order valence-electron chi connectivity index (χ3n) is 4.18. The first-order valence-electron chi connectivity index (χ1n) is 7.58. The van der Waals surface area contributed by atoms with E-state index >= 15 is 0 Å². The summed E-state index contributed by atoms with van der Waals surface area (Å²) in [6.07, 6.45) is 2.58. The molecule has 1 aliphatic heterocycles. The minimum Gasteiger partial charge on any atom is -0.382 e. The van der Waals surface area contributed by atoms with Gasteiger partial charge in [-0.3, -0.25) is 4.90 Å². The summed E-state index contributed by atoms with van der Waals surface area (Å²) < 4.78 is 4.32. The van der Waals surface area contributed by atoms with Gasteiger partial charge in [0.1, 0.15) is 10.8 Å². The van der Waals surface area contributed by atoms with Crippen molar-refractivity contribution in [2.24, 2.45) is 0 Å². The van der Waals surface area contributed by atoms with Crippen LogP contribution < -0.4 is 11.1 Å². The Kier molecular flexibility index (Phi) is 4.41. The highest BCUT2D eigenvalue weighted by Crippen LogP contribution is 2.36. The van der Waals surface area contributed by atoms with Gasteiger partial charge in [0.2, 0.25) is 0 Å². The SMILES string of the molecule is CCN1CCCC1CNc1snc(N)c1-c1ccccc1. The highest BCUT2D eigenvalue weighted by molar-refractivity contribution is 7.11. The maximum absolute atomic E-state index is 6.06. The van der Waals surface area contributed by atoms with Gasteiger partial charge in [-0.05, 0) is 43.0 Å². The molecule has 3 N–H and O–H groups in total. The van der Waals surface area contributed by atoms with Crippen LogP contribution in [0, 0.1) is 0 Å². The molecule has 2 heterocycles. The van der Waals surface area contributed by atoms with Crippen LogP contribution in [0.2, 0.25) is 0 Å². The fraction of sp³-hybridized carbons (Fsp3) is 0.438. The van der Waals surface area contributed by atoms with Crippen LogP contribution in [0.3, 0.4) is 0 Å². The molecule has 1 atom stereocenters. The van der Waals surface area contributed by atoms with E-state index < -0.39 is 0 Å². The van der Waals surface area contributed by atoms with Gasteiger partial charge in [-0.15, -0.1) is 0 Å². The van der Waals surface area contributed by atoms with E-state index in [2.05, 4.69) is 33.6 Å². The lowest BCUT2D eigenvalue weighted by atomic mass is 10.1. The lowest BCUT2D eigenvalue weighted by Gasteiger charge is -2.23. The Morgan fingerprint density at radius 3 is 2.95 bits per heavy atom. The van der Waals surface area contributed by atoms with Gasteiger partial charge >= 0.3 is 0 Å². The first-order chi connectivity index (χ1) is 10.3. The second-order valence-electron chi connectivity index (χ2n) is 5.44. The number of benzene rings is 1. The fourth-order valence-electron chi connectivity index (χ4n) is 3.06. The predicted octanol–water partition coefficient (Wildman–Crippen LogP) is 3.29. The van der Waals surface area contributed by atoms with Crippen LogP contribution in [0.25, 0.3) is 11.1 Å². The van der Waals surface area contributed by atoms with Crippen molar-refractivity contribution in [1.29, 1.82) is 0 Å². The van der Waals surface area contributed by atoms with Gasteiger partial charge in [0.15, 0.2) is 0 Å². The molecule has 0 saturated carbocycles. The molecule has 1 aliphatic rings. The van der Waals surface area contributed by atoms with Crippen LogP contribution >= 0.6 is 11.5 Å². The van der Waals surface area contributed by atoms with Crippen molar-refractivity contribution >= 4 is 22.4 Å². The average Bonchev–Trinajstić information content (AvgIpc) is 3.12. The summed E-state index contributed by atoms with van der Waals surface area (Å²) >= 11 is 1.46. The summed E-state index contributed by atoms with van der Waals surface area (Å²) in [5.41, 5.74) is 8.23. The standard InChI is InChI=1S/C16H22N4S/c1-2-20-10-6-9-13(20)11-18-16-14(15(17)19-21-16)12-7-4-3-5-8-12/h3-5,7-8,13,18H,2,6,9-11H2,1H3,(H2,17,19). The van der Waals surface area contributed by atoms with Gasteiger partial charge in [-0.25, -0.2) is 0 Å². The first-order valence-corrected chi connectivity index (χ1v) is 8.35. The van der Waals surface area contributed by atoms with Gasteiger partial charge in [-0.1, -0.05) is 37.3 Å². The van der Waals surface area contributed by atoms with Gasteiger partial charge in [-0.2, -0.15) is 4.37 Å². The Morgan fingerprint density at radius 2 is 2.19 bits per heavy atom. The molecule has 0 aliphatic carbocycles. The molecule has 112 valence electrons. The third kappa shape index (κ3) is 3.04. The Labute approximate surface area is 130 Å². The highest BCUT2D eigenvalue weighted by Gasteiger charge is 2.23. The summed E-state index contributed by atoms with van der Waals surface area (Å²) in [5, 5.41) is 4.66. The molecule has 0 bridgehead atoms. The summed E-state index contributed by atoms with van der Waals surface area (Å²) in [7, 11) is 0. The number of nitrogens with one attached hydrogen (secondary N) is 1. The minimum atomic E-state index is 0.618. The average molecular weight is 302 g/mol. The molecule has 1 fully saturated rings. The Balaban J connectivity index is 1.75. The van der Waals surface area contributed by atoms with Gasteiger partial charge in [0.25, 0.3) is 0 Å². The lowest BCUT2D eigenvalue weighted by Crippen LogP contribution is -2.34. The maximum Gasteiger partial charge on any atom is 0.147 e. The van der Waals surface area contributed by atoms with Crippen LogP contribution in [-0.4, -0.2) is 34.9 Å². The summed E-state index contributed by atoms with van der Waals surface area (Å²) in [4.78, 5) is 2.54. The maximum atomic E-state index is 6.06. The summed E-state index contributed by atoms with van der Waals surface area (Å²) in [6.45, 7) is 5.55.